The van der Waals surface area contributed by atoms with Crippen LogP contribution in [-0.2, 0) is 0 Å². The van der Waals surface area contributed by atoms with E-state index in [1.165, 1.54) is 12.4 Å². The Labute approximate surface area is 180 Å². The van der Waals surface area contributed by atoms with Crippen molar-refractivity contribution in [3.63, 3.8) is 0 Å². The third kappa shape index (κ3) is 3.35. The van der Waals surface area contributed by atoms with Crippen LogP contribution >= 0.6 is 0 Å². The fraction of sp³-hybridized carbons (Fsp3) is 0.136. The van der Waals surface area contributed by atoms with Gasteiger partial charge in [0.25, 0.3) is 5.91 Å². The first-order valence-corrected chi connectivity index (χ1v) is 9.73. The number of nitrogens with zero attached hydrogens (tertiary/aromatic N) is 4. The van der Waals surface area contributed by atoms with E-state index in [9.17, 15) is 13.6 Å². The van der Waals surface area contributed by atoms with Crippen LogP contribution in [0.4, 0.5) is 20.3 Å². The summed E-state index contributed by atoms with van der Waals surface area (Å²) in [5, 5.41) is 0.810. The first-order valence-electron chi connectivity index (χ1n) is 9.73. The van der Waals surface area contributed by atoms with Crippen LogP contribution in [0.5, 0.6) is 11.6 Å². The first-order chi connectivity index (χ1) is 15.5. The third-order valence-electron chi connectivity index (χ3n) is 5.18. The second kappa shape index (κ2) is 7.80. The first kappa shape index (κ1) is 19.7. The summed E-state index contributed by atoms with van der Waals surface area (Å²) in [6.07, 6.45) is 3.01. The normalized spacial score (nSPS) is 13.7. The van der Waals surface area contributed by atoms with E-state index in [0.717, 1.165) is 10.9 Å². The minimum atomic E-state index is -2.93. The number of halogens is 2. The summed E-state index contributed by atoms with van der Waals surface area (Å²) in [6, 6.07) is 13.8. The van der Waals surface area contributed by atoms with Crippen molar-refractivity contribution in [2.24, 2.45) is 0 Å². The number of hydrogen-bond acceptors (Lipinski definition) is 6. The number of benzene rings is 2. The van der Waals surface area contributed by atoms with E-state index < -0.39 is 6.61 Å². The van der Waals surface area contributed by atoms with E-state index >= 15 is 0 Å². The van der Waals surface area contributed by atoms with Gasteiger partial charge in [-0.15, -0.1) is 0 Å². The van der Waals surface area contributed by atoms with Crippen molar-refractivity contribution in [1.82, 2.24) is 14.5 Å². The molecule has 10 heteroatoms. The number of hydrogen-bond donors (Lipinski definition) is 1. The quantitative estimate of drug-likeness (QED) is 0.524. The van der Waals surface area contributed by atoms with Crippen molar-refractivity contribution in [2.45, 2.75) is 6.61 Å². The molecule has 0 unspecified atom stereocenters. The maximum Gasteiger partial charge on any atom is 0.387 e. The number of fused-ring (bicyclic) bond motifs is 2. The Morgan fingerprint density at radius 3 is 2.81 bits per heavy atom. The van der Waals surface area contributed by atoms with Gasteiger partial charge in [0.05, 0.1) is 17.7 Å². The Hall–Kier alpha value is -4.21. The standard InChI is InChI=1S/C22H17F2N5O3/c23-22(24)32-17-4-2-1-3-16(17)29-8-7-13-11-14(5-6-15(13)29)28-9-10-31-20-18(21(28)30)19(25)26-12-27-20/h1-8,11-12,22H,9-10H2,(H2,25,26,27). The summed E-state index contributed by atoms with van der Waals surface area (Å²) < 4.78 is 37.6. The Morgan fingerprint density at radius 2 is 1.97 bits per heavy atom. The Kier molecular flexibility index (Phi) is 4.81. The van der Waals surface area contributed by atoms with Crippen molar-refractivity contribution >= 4 is 28.3 Å². The molecule has 0 atom stereocenters. The van der Waals surface area contributed by atoms with Crippen LogP contribution in [0.25, 0.3) is 16.6 Å². The molecule has 0 bridgehead atoms. The third-order valence-corrected chi connectivity index (χ3v) is 5.18. The Bertz CT molecular complexity index is 1320. The van der Waals surface area contributed by atoms with Gasteiger partial charge < -0.3 is 24.7 Å². The molecule has 2 aromatic heterocycles. The average Bonchev–Trinajstić information content (AvgIpc) is 3.11. The molecule has 8 nitrogen and oxygen atoms in total. The number of carbonyl (C=O) groups is 1. The molecule has 0 fully saturated rings. The predicted molar refractivity (Wildman–Crippen MR) is 114 cm³/mol. The lowest BCUT2D eigenvalue weighted by Crippen LogP contribution is -2.32. The fourth-order valence-corrected chi connectivity index (χ4v) is 3.77. The molecular formula is C22H17F2N5O3. The number of amides is 1. The molecule has 0 radical (unpaired) electrons. The van der Waals surface area contributed by atoms with Crippen LogP contribution in [-0.4, -0.2) is 40.2 Å². The smallest absolute Gasteiger partial charge is 0.387 e. The highest BCUT2D eigenvalue weighted by molar-refractivity contribution is 6.11. The van der Waals surface area contributed by atoms with Gasteiger partial charge in [0.15, 0.2) is 0 Å². The van der Waals surface area contributed by atoms with Crippen molar-refractivity contribution in [3.8, 4) is 17.3 Å². The number of alkyl halides is 2. The molecule has 0 saturated heterocycles. The summed E-state index contributed by atoms with van der Waals surface area (Å²) in [5.41, 5.74) is 7.91. The summed E-state index contributed by atoms with van der Waals surface area (Å²) in [4.78, 5) is 22.6. The second-order valence-electron chi connectivity index (χ2n) is 7.02. The molecule has 1 aliphatic heterocycles. The van der Waals surface area contributed by atoms with E-state index in [-0.39, 0.29) is 35.5 Å². The number of nitrogens with two attached hydrogens (primary N) is 1. The van der Waals surface area contributed by atoms with Crippen LogP contribution in [0.1, 0.15) is 10.4 Å². The summed E-state index contributed by atoms with van der Waals surface area (Å²) in [5.74, 6) is -0.0799. The summed E-state index contributed by atoms with van der Waals surface area (Å²) in [6.45, 7) is -2.39. The number of para-hydroxylation sites is 2. The maximum absolute atomic E-state index is 13.2. The van der Waals surface area contributed by atoms with Crippen LogP contribution < -0.4 is 20.1 Å². The Balaban J connectivity index is 1.54. The van der Waals surface area contributed by atoms with Gasteiger partial charge in [0.2, 0.25) is 5.88 Å². The van der Waals surface area contributed by atoms with Gasteiger partial charge in [0, 0.05) is 17.3 Å². The van der Waals surface area contributed by atoms with E-state index in [2.05, 4.69) is 14.7 Å². The lowest BCUT2D eigenvalue weighted by atomic mass is 10.2. The number of rotatable bonds is 4. The molecule has 2 N–H and O–H groups in total. The zero-order chi connectivity index (χ0) is 22.2. The molecule has 3 heterocycles. The van der Waals surface area contributed by atoms with Crippen LogP contribution in [0.15, 0.2) is 61.1 Å². The average molecular weight is 437 g/mol. The number of carbonyl (C=O) groups excluding carboxylic acids is 1. The summed E-state index contributed by atoms with van der Waals surface area (Å²) in [7, 11) is 0. The molecule has 0 saturated carbocycles. The highest BCUT2D eigenvalue weighted by Gasteiger charge is 2.29. The van der Waals surface area contributed by atoms with Gasteiger partial charge in [-0.05, 0) is 36.4 Å². The SMILES string of the molecule is Nc1ncnc2c1C(=O)N(c1ccc3c(ccn3-c3ccccc3OC(F)F)c1)CCO2. The lowest BCUT2D eigenvalue weighted by molar-refractivity contribution is -0.0498. The van der Waals surface area contributed by atoms with Gasteiger partial charge in [0.1, 0.15) is 30.1 Å². The molecule has 32 heavy (non-hydrogen) atoms. The number of ether oxygens (including phenoxy) is 2. The van der Waals surface area contributed by atoms with Crippen molar-refractivity contribution in [2.75, 3.05) is 23.8 Å². The molecule has 2 aromatic carbocycles. The highest BCUT2D eigenvalue weighted by Crippen LogP contribution is 2.32. The lowest BCUT2D eigenvalue weighted by Gasteiger charge is -2.20. The van der Waals surface area contributed by atoms with Crippen molar-refractivity contribution in [1.29, 1.82) is 0 Å². The van der Waals surface area contributed by atoms with Gasteiger partial charge >= 0.3 is 6.61 Å². The van der Waals surface area contributed by atoms with E-state index in [1.807, 2.05) is 18.2 Å². The zero-order valence-electron chi connectivity index (χ0n) is 16.6. The van der Waals surface area contributed by atoms with E-state index in [0.29, 0.717) is 17.9 Å². The molecule has 5 rings (SSSR count). The topological polar surface area (TPSA) is 95.5 Å². The molecule has 1 aliphatic rings. The summed E-state index contributed by atoms with van der Waals surface area (Å²) >= 11 is 0. The van der Waals surface area contributed by atoms with Crippen LogP contribution in [0.3, 0.4) is 0 Å². The highest BCUT2D eigenvalue weighted by atomic mass is 19.3. The number of aromatic nitrogens is 3. The molecule has 0 aliphatic carbocycles. The Morgan fingerprint density at radius 1 is 1.12 bits per heavy atom. The molecule has 162 valence electrons. The zero-order valence-corrected chi connectivity index (χ0v) is 16.6. The van der Waals surface area contributed by atoms with E-state index in [1.54, 1.807) is 39.9 Å². The number of nitrogen functional groups attached to an aromatic ring is 1. The molecular weight excluding hydrogens is 420 g/mol. The van der Waals surface area contributed by atoms with Crippen LogP contribution in [0.2, 0.25) is 0 Å². The molecule has 1 amide bonds. The van der Waals surface area contributed by atoms with Gasteiger partial charge in [-0.1, -0.05) is 12.1 Å². The second-order valence-corrected chi connectivity index (χ2v) is 7.02. The minimum absolute atomic E-state index is 0.0507. The maximum atomic E-state index is 13.2. The van der Waals surface area contributed by atoms with Crippen molar-refractivity contribution < 1.29 is 23.0 Å². The van der Waals surface area contributed by atoms with E-state index in [4.69, 9.17) is 10.5 Å². The monoisotopic (exact) mass is 437 g/mol. The molecule has 0 spiro atoms. The van der Waals surface area contributed by atoms with Crippen LogP contribution in [0, 0.1) is 0 Å². The molecule has 4 aromatic rings. The van der Waals surface area contributed by atoms with Gasteiger partial charge in [-0.25, -0.2) is 9.97 Å². The minimum Gasteiger partial charge on any atom is -0.475 e. The number of anilines is 2. The largest absolute Gasteiger partial charge is 0.475 e. The van der Waals surface area contributed by atoms with Gasteiger partial charge in [-0.2, -0.15) is 8.78 Å². The van der Waals surface area contributed by atoms with Crippen molar-refractivity contribution in [3.05, 3.63) is 66.6 Å². The van der Waals surface area contributed by atoms with Gasteiger partial charge in [-0.3, -0.25) is 4.79 Å². The fourth-order valence-electron chi connectivity index (χ4n) is 3.77. The predicted octanol–water partition coefficient (Wildman–Crippen LogP) is 3.64.